The smallest absolute Gasteiger partial charge is 0.264 e. The molecule has 0 unspecified atom stereocenters. The van der Waals surface area contributed by atoms with Gasteiger partial charge in [-0.3, -0.25) is 9.48 Å². The Morgan fingerprint density at radius 3 is 2.80 bits per heavy atom. The molecule has 0 saturated carbocycles. The first kappa shape index (κ1) is 18.6. The van der Waals surface area contributed by atoms with Crippen LogP contribution in [0.15, 0.2) is 42.7 Å². The number of amides is 1. The number of nitrogens with zero attached hydrogens (tertiary/aromatic N) is 3. The fourth-order valence-corrected chi connectivity index (χ4v) is 4.26. The number of carbonyl (C=O) groups is 1. The summed E-state index contributed by atoms with van der Waals surface area (Å²) in [5, 5.41) is 10.4. The molecule has 0 spiro atoms. The Bertz CT molecular complexity index is 1140. The standard InChI is InChI=1S/C22H21F2N5O/c1-28-12-14(11-26-28)15-9-13-6-8-29(19(13)10-16(15)22(23)24)18-4-2-3-17-21(18)25-7-5-20(30)27-17/h2-4,9-12,22,25H,5-8H2,1H3,(H,27,30). The number of hydrogen-bond acceptors (Lipinski definition) is 4. The van der Waals surface area contributed by atoms with Gasteiger partial charge < -0.3 is 15.5 Å². The zero-order chi connectivity index (χ0) is 20.8. The lowest BCUT2D eigenvalue weighted by atomic mass is 9.98. The molecule has 0 atom stereocenters. The largest absolute Gasteiger partial charge is 0.381 e. The van der Waals surface area contributed by atoms with Crippen molar-refractivity contribution in [2.45, 2.75) is 19.3 Å². The van der Waals surface area contributed by atoms with Gasteiger partial charge in [0.15, 0.2) is 0 Å². The molecule has 8 heteroatoms. The third-order valence-electron chi connectivity index (χ3n) is 5.66. The van der Waals surface area contributed by atoms with Gasteiger partial charge in [0.05, 0.1) is 23.3 Å². The van der Waals surface area contributed by atoms with Crippen molar-refractivity contribution >= 4 is 28.7 Å². The Morgan fingerprint density at radius 2 is 2.03 bits per heavy atom. The van der Waals surface area contributed by atoms with Crippen LogP contribution >= 0.6 is 0 Å². The van der Waals surface area contributed by atoms with Crippen LogP contribution in [0.5, 0.6) is 0 Å². The third kappa shape index (κ3) is 3.08. The van der Waals surface area contributed by atoms with E-state index < -0.39 is 6.43 Å². The average molecular weight is 409 g/mol. The molecule has 1 amide bonds. The highest BCUT2D eigenvalue weighted by Crippen LogP contribution is 2.45. The lowest BCUT2D eigenvalue weighted by molar-refractivity contribution is -0.115. The van der Waals surface area contributed by atoms with Crippen molar-refractivity contribution in [2.75, 3.05) is 28.6 Å². The molecule has 2 N–H and O–H groups in total. The second-order valence-corrected chi connectivity index (χ2v) is 7.60. The first-order valence-corrected chi connectivity index (χ1v) is 9.89. The Morgan fingerprint density at radius 1 is 1.17 bits per heavy atom. The van der Waals surface area contributed by atoms with Gasteiger partial charge >= 0.3 is 0 Å². The van der Waals surface area contributed by atoms with E-state index in [9.17, 15) is 13.6 Å². The monoisotopic (exact) mass is 409 g/mol. The van der Waals surface area contributed by atoms with E-state index in [4.69, 9.17) is 0 Å². The van der Waals surface area contributed by atoms with Crippen molar-refractivity contribution in [1.82, 2.24) is 9.78 Å². The summed E-state index contributed by atoms with van der Waals surface area (Å²) < 4.78 is 29.6. The molecule has 2 aliphatic heterocycles. The summed E-state index contributed by atoms with van der Waals surface area (Å²) in [7, 11) is 1.77. The summed E-state index contributed by atoms with van der Waals surface area (Å²) in [4.78, 5) is 14.0. The molecule has 0 saturated heterocycles. The molecule has 1 aromatic heterocycles. The molecule has 2 aromatic carbocycles. The maximum atomic E-state index is 14.0. The second kappa shape index (κ2) is 7.12. The van der Waals surface area contributed by atoms with Crippen molar-refractivity contribution < 1.29 is 13.6 Å². The van der Waals surface area contributed by atoms with Gasteiger partial charge in [-0.05, 0) is 41.8 Å². The molecule has 30 heavy (non-hydrogen) atoms. The van der Waals surface area contributed by atoms with Crippen LogP contribution in [0, 0.1) is 0 Å². The fraction of sp³-hybridized carbons (Fsp3) is 0.273. The van der Waals surface area contributed by atoms with Crippen LogP contribution in [0.3, 0.4) is 0 Å². The van der Waals surface area contributed by atoms with Gasteiger partial charge in [-0.2, -0.15) is 5.10 Å². The van der Waals surface area contributed by atoms with Gasteiger partial charge in [0.25, 0.3) is 6.43 Å². The SMILES string of the molecule is Cn1cc(-c2cc3c(cc2C(F)F)N(c2cccc4c2NCCC(=O)N4)CC3)cn1. The predicted molar refractivity (Wildman–Crippen MR) is 112 cm³/mol. The van der Waals surface area contributed by atoms with Crippen molar-refractivity contribution in [3.8, 4) is 11.1 Å². The number of aryl methyl sites for hydroxylation is 1. The quantitative estimate of drug-likeness (QED) is 0.670. The van der Waals surface area contributed by atoms with Crippen LogP contribution in [0.1, 0.15) is 24.0 Å². The van der Waals surface area contributed by atoms with Crippen molar-refractivity contribution in [3.63, 3.8) is 0 Å². The Kier molecular flexibility index (Phi) is 4.42. The Labute approximate surface area is 172 Å². The first-order valence-electron chi connectivity index (χ1n) is 9.89. The minimum atomic E-state index is -2.60. The van der Waals surface area contributed by atoms with Gasteiger partial charge in [0.1, 0.15) is 0 Å². The number of para-hydroxylation sites is 1. The van der Waals surface area contributed by atoms with Gasteiger partial charge in [-0.25, -0.2) is 8.78 Å². The number of hydrogen-bond donors (Lipinski definition) is 2. The van der Waals surface area contributed by atoms with Crippen LogP contribution in [0.4, 0.5) is 31.5 Å². The number of aromatic nitrogens is 2. The number of carbonyl (C=O) groups excluding carboxylic acids is 1. The van der Waals surface area contributed by atoms with Crippen molar-refractivity contribution in [2.24, 2.45) is 7.05 Å². The number of halogens is 2. The van der Waals surface area contributed by atoms with Crippen molar-refractivity contribution in [3.05, 3.63) is 53.9 Å². The third-order valence-corrected chi connectivity index (χ3v) is 5.66. The van der Waals surface area contributed by atoms with E-state index in [0.29, 0.717) is 36.3 Å². The van der Waals surface area contributed by atoms with E-state index in [1.54, 1.807) is 30.2 Å². The van der Waals surface area contributed by atoms with Crippen LogP contribution < -0.4 is 15.5 Å². The van der Waals surface area contributed by atoms with Crippen molar-refractivity contribution in [1.29, 1.82) is 0 Å². The van der Waals surface area contributed by atoms with Gasteiger partial charge in [0, 0.05) is 49.6 Å². The molecule has 0 aliphatic carbocycles. The van der Waals surface area contributed by atoms with Crippen LogP contribution in [-0.4, -0.2) is 28.8 Å². The number of rotatable bonds is 3. The topological polar surface area (TPSA) is 62.2 Å². The highest BCUT2D eigenvalue weighted by Gasteiger charge is 2.28. The summed E-state index contributed by atoms with van der Waals surface area (Å²) in [6.07, 6.45) is 1.91. The van der Waals surface area contributed by atoms with E-state index >= 15 is 0 Å². The lowest BCUT2D eigenvalue weighted by Gasteiger charge is -2.25. The number of nitrogens with one attached hydrogen (secondary N) is 2. The van der Waals surface area contributed by atoms with E-state index in [1.165, 1.54) is 0 Å². The van der Waals surface area contributed by atoms with Crippen LogP contribution in [0.2, 0.25) is 0 Å². The highest BCUT2D eigenvalue weighted by atomic mass is 19.3. The number of benzene rings is 2. The van der Waals surface area contributed by atoms with E-state index in [2.05, 4.69) is 20.6 Å². The molecule has 2 aliphatic rings. The molecule has 0 radical (unpaired) electrons. The molecule has 0 bridgehead atoms. The summed E-state index contributed by atoms with van der Waals surface area (Å²) in [5.74, 6) is -0.0404. The molecular formula is C22H21F2N5O. The molecule has 3 heterocycles. The zero-order valence-corrected chi connectivity index (χ0v) is 16.5. The molecule has 6 nitrogen and oxygen atoms in total. The minimum Gasteiger partial charge on any atom is -0.381 e. The number of anilines is 4. The second-order valence-electron chi connectivity index (χ2n) is 7.60. The zero-order valence-electron chi connectivity index (χ0n) is 16.5. The molecule has 3 aromatic rings. The predicted octanol–water partition coefficient (Wildman–Crippen LogP) is 4.47. The van der Waals surface area contributed by atoms with Gasteiger partial charge in [-0.1, -0.05) is 6.07 Å². The summed E-state index contributed by atoms with van der Waals surface area (Å²) >= 11 is 0. The van der Waals surface area contributed by atoms with Gasteiger partial charge in [0.2, 0.25) is 5.91 Å². The van der Waals surface area contributed by atoms with E-state index in [-0.39, 0.29) is 11.5 Å². The van der Waals surface area contributed by atoms with E-state index in [1.807, 2.05) is 24.3 Å². The first-order chi connectivity index (χ1) is 14.5. The summed E-state index contributed by atoms with van der Waals surface area (Å²) in [6.45, 7) is 1.21. The molecular weight excluding hydrogens is 388 g/mol. The normalized spacial score (nSPS) is 15.5. The molecule has 5 rings (SSSR count). The Hall–Kier alpha value is -3.42. The highest BCUT2D eigenvalue weighted by molar-refractivity contribution is 6.00. The molecule has 154 valence electrons. The Balaban J connectivity index is 1.61. The van der Waals surface area contributed by atoms with Gasteiger partial charge in [-0.15, -0.1) is 0 Å². The number of fused-ring (bicyclic) bond motifs is 2. The maximum Gasteiger partial charge on any atom is 0.264 e. The average Bonchev–Trinajstić information content (AvgIpc) is 3.28. The molecule has 0 fully saturated rings. The summed E-state index contributed by atoms with van der Waals surface area (Å²) in [5.41, 5.74) is 5.43. The fourth-order valence-electron chi connectivity index (χ4n) is 4.26. The van der Waals surface area contributed by atoms with E-state index in [0.717, 1.165) is 29.0 Å². The van der Waals surface area contributed by atoms with Crippen LogP contribution in [-0.2, 0) is 18.3 Å². The minimum absolute atomic E-state index is 0.00284. The van der Waals surface area contributed by atoms with Crippen LogP contribution in [0.25, 0.3) is 11.1 Å². The number of alkyl halides is 2. The maximum absolute atomic E-state index is 14.0. The lowest BCUT2D eigenvalue weighted by Crippen LogP contribution is -2.16. The summed E-state index contributed by atoms with van der Waals surface area (Å²) in [6, 6.07) is 9.14.